The highest BCUT2D eigenvalue weighted by atomic mass is 16.5. The van der Waals surface area contributed by atoms with E-state index in [9.17, 15) is 4.79 Å². The maximum Gasteiger partial charge on any atom is 0.291 e. The zero-order valence-electron chi connectivity index (χ0n) is 12.3. The van der Waals surface area contributed by atoms with Crippen molar-refractivity contribution in [2.45, 2.75) is 0 Å². The van der Waals surface area contributed by atoms with E-state index in [1.165, 1.54) is 6.21 Å². The van der Waals surface area contributed by atoms with Crippen molar-refractivity contribution in [1.29, 1.82) is 0 Å². The number of H-pyrrole nitrogens is 1. The van der Waals surface area contributed by atoms with Gasteiger partial charge in [0.25, 0.3) is 5.91 Å². The maximum atomic E-state index is 12.0. The van der Waals surface area contributed by atoms with Gasteiger partial charge in [-0.3, -0.25) is 9.89 Å². The zero-order chi connectivity index (χ0) is 16.1. The van der Waals surface area contributed by atoms with Crippen LogP contribution in [0.3, 0.4) is 0 Å². The number of benzene rings is 1. The summed E-state index contributed by atoms with van der Waals surface area (Å²) >= 11 is 0. The van der Waals surface area contributed by atoms with E-state index in [4.69, 9.17) is 9.15 Å². The molecule has 3 aromatic rings. The number of nitrogens with one attached hydrogen (secondary N) is 2. The van der Waals surface area contributed by atoms with Gasteiger partial charge in [-0.05, 0) is 29.8 Å². The summed E-state index contributed by atoms with van der Waals surface area (Å²) in [5.74, 6) is 0.908. The average Bonchev–Trinajstić information content (AvgIpc) is 3.26. The molecule has 3 rings (SSSR count). The second-order valence-electron chi connectivity index (χ2n) is 4.62. The van der Waals surface area contributed by atoms with Crippen LogP contribution in [0.1, 0.15) is 16.1 Å². The highest BCUT2D eigenvalue weighted by Gasteiger charge is 2.11. The summed E-state index contributed by atoms with van der Waals surface area (Å²) in [6, 6.07) is 12.4. The molecule has 2 aromatic heterocycles. The van der Waals surface area contributed by atoms with Crippen molar-refractivity contribution in [3.63, 3.8) is 0 Å². The van der Waals surface area contributed by atoms with Crippen LogP contribution in [0.25, 0.3) is 11.5 Å². The lowest BCUT2D eigenvalue weighted by molar-refractivity contribution is 0.0950. The third kappa shape index (κ3) is 3.46. The van der Waals surface area contributed by atoms with Crippen LogP contribution in [0.15, 0.2) is 58.2 Å². The topological polar surface area (TPSA) is 92.5 Å². The summed E-state index contributed by atoms with van der Waals surface area (Å²) in [4.78, 5) is 12.0. The molecule has 0 spiro atoms. The fourth-order valence-corrected chi connectivity index (χ4v) is 1.94. The number of carbonyl (C=O) groups excluding carboxylic acids is 1. The van der Waals surface area contributed by atoms with Gasteiger partial charge in [0.2, 0.25) is 0 Å². The Morgan fingerprint density at radius 3 is 3.04 bits per heavy atom. The van der Waals surface area contributed by atoms with Gasteiger partial charge in [0.05, 0.1) is 19.6 Å². The molecule has 0 radical (unpaired) electrons. The Hall–Kier alpha value is -3.35. The molecular formula is C16H14N4O3. The molecule has 0 unspecified atom stereocenters. The second kappa shape index (κ2) is 6.61. The van der Waals surface area contributed by atoms with Gasteiger partial charge < -0.3 is 9.15 Å². The third-order valence-corrected chi connectivity index (χ3v) is 3.07. The molecule has 0 aliphatic carbocycles. The molecule has 0 aliphatic heterocycles. The maximum absolute atomic E-state index is 12.0. The summed E-state index contributed by atoms with van der Waals surface area (Å²) < 4.78 is 10.3. The smallest absolute Gasteiger partial charge is 0.291 e. The van der Waals surface area contributed by atoms with E-state index >= 15 is 0 Å². The number of hydrogen-bond donors (Lipinski definition) is 2. The molecule has 0 aliphatic rings. The number of aromatic nitrogens is 2. The normalized spacial score (nSPS) is 10.8. The van der Waals surface area contributed by atoms with Crippen LogP contribution >= 0.6 is 0 Å². The van der Waals surface area contributed by atoms with E-state index in [-0.39, 0.29) is 5.69 Å². The Bertz CT molecular complexity index is 821. The van der Waals surface area contributed by atoms with Crippen LogP contribution in [0.4, 0.5) is 0 Å². The quantitative estimate of drug-likeness (QED) is 0.559. The molecule has 0 bridgehead atoms. The summed E-state index contributed by atoms with van der Waals surface area (Å²) in [7, 11) is 1.59. The predicted octanol–water partition coefficient (Wildman–Crippen LogP) is 2.44. The molecule has 0 saturated carbocycles. The number of furan rings is 1. The Balaban J connectivity index is 1.64. The van der Waals surface area contributed by atoms with Gasteiger partial charge in [-0.2, -0.15) is 10.2 Å². The van der Waals surface area contributed by atoms with E-state index in [0.29, 0.717) is 11.5 Å². The Morgan fingerprint density at radius 2 is 2.26 bits per heavy atom. The molecule has 7 nitrogen and oxygen atoms in total. The molecule has 23 heavy (non-hydrogen) atoms. The van der Waals surface area contributed by atoms with E-state index < -0.39 is 5.91 Å². The molecule has 1 amide bonds. The van der Waals surface area contributed by atoms with Crippen LogP contribution in [-0.2, 0) is 0 Å². The van der Waals surface area contributed by atoms with Crippen molar-refractivity contribution in [3.05, 3.63) is 60.0 Å². The number of ether oxygens (including phenoxy) is 1. The number of methoxy groups -OCH3 is 1. The number of aromatic amines is 1. The minimum Gasteiger partial charge on any atom is -0.497 e. The van der Waals surface area contributed by atoms with Crippen LogP contribution in [0, 0.1) is 0 Å². The van der Waals surface area contributed by atoms with Crippen LogP contribution in [-0.4, -0.2) is 29.4 Å². The number of nitrogens with zero attached hydrogens (tertiary/aromatic N) is 2. The van der Waals surface area contributed by atoms with Gasteiger partial charge in [0.1, 0.15) is 11.4 Å². The molecule has 0 atom stereocenters. The largest absolute Gasteiger partial charge is 0.497 e. The van der Waals surface area contributed by atoms with Gasteiger partial charge in [0.15, 0.2) is 11.5 Å². The third-order valence-electron chi connectivity index (χ3n) is 3.07. The molecule has 0 fully saturated rings. The fourth-order valence-electron chi connectivity index (χ4n) is 1.94. The van der Waals surface area contributed by atoms with Gasteiger partial charge in [0, 0.05) is 6.07 Å². The summed E-state index contributed by atoms with van der Waals surface area (Å²) in [5.41, 5.74) is 4.07. The summed E-state index contributed by atoms with van der Waals surface area (Å²) in [6.45, 7) is 0. The molecule has 2 heterocycles. The molecule has 116 valence electrons. The molecule has 1 aromatic carbocycles. The minimum absolute atomic E-state index is 0.221. The predicted molar refractivity (Wildman–Crippen MR) is 84.3 cm³/mol. The van der Waals surface area contributed by atoms with Crippen molar-refractivity contribution in [1.82, 2.24) is 15.6 Å². The molecular weight excluding hydrogens is 296 g/mol. The van der Waals surface area contributed by atoms with Gasteiger partial charge in [-0.1, -0.05) is 12.1 Å². The molecule has 2 N–H and O–H groups in total. The highest BCUT2D eigenvalue weighted by molar-refractivity contribution is 5.94. The van der Waals surface area contributed by atoms with Crippen molar-refractivity contribution in [2.75, 3.05) is 7.11 Å². The number of rotatable bonds is 5. The average molecular weight is 310 g/mol. The number of hydrazone groups is 1. The van der Waals surface area contributed by atoms with Gasteiger partial charge in [-0.15, -0.1) is 0 Å². The molecule has 7 heteroatoms. The second-order valence-corrected chi connectivity index (χ2v) is 4.62. The van der Waals surface area contributed by atoms with E-state index in [0.717, 1.165) is 11.3 Å². The first kappa shape index (κ1) is 14.6. The minimum atomic E-state index is -0.418. The van der Waals surface area contributed by atoms with Crippen molar-refractivity contribution in [3.8, 4) is 17.2 Å². The van der Waals surface area contributed by atoms with E-state index in [1.54, 1.807) is 37.6 Å². The van der Waals surface area contributed by atoms with E-state index in [1.807, 2.05) is 18.2 Å². The van der Waals surface area contributed by atoms with Crippen molar-refractivity contribution < 1.29 is 13.9 Å². The Morgan fingerprint density at radius 1 is 1.35 bits per heavy atom. The summed E-state index contributed by atoms with van der Waals surface area (Å²) in [5, 5.41) is 10.6. The van der Waals surface area contributed by atoms with Crippen LogP contribution < -0.4 is 10.2 Å². The van der Waals surface area contributed by atoms with Crippen LogP contribution in [0.2, 0.25) is 0 Å². The first-order valence-corrected chi connectivity index (χ1v) is 6.83. The lowest BCUT2D eigenvalue weighted by atomic mass is 10.2. The first-order chi connectivity index (χ1) is 11.3. The highest BCUT2D eigenvalue weighted by Crippen LogP contribution is 2.17. The fraction of sp³-hybridized carbons (Fsp3) is 0.0625. The van der Waals surface area contributed by atoms with Crippen molar-refractivity contribution >= 4 is 12.1 Å². The Labute approximate surface area is 132 Å². The number of hydrogen-bond acceptors (Lipinski definition) is 5. The van der Waals surface area contributed by atoms with Gasteiger partial charge >= 0.3 is 0 Å². The zero-order valence-corrected chi connectivity index (χ0v) is 12.3. The SMILES string of the molecule is COc1cccc(/C=N\NC(=O)c2cc(-c3ccco3)[nH]n2)c1. The monoisotopic (exact) mass is 310 g/mol. The van der Waals surface area contributed by atoms with Gasteiger partial charge in [-0.25, -0.2) is 5.43 Å². The number of carbonyl (C=O) groups is 1. The van der Waals surface area contributed by atoms with Crippen LogP contribution in [0.5, 0.6) is 5.75 Å². The van der Waals surface area contributed by atoms with E-state index in [2.05, 4.69) is 20.7 Å². The first-order valence-electron chi connectivity index (χ1n) is 6.83. The Kier molecular flexibility index (Phi) is 4.19. The number of amides is 1. The standard InChI is InChI=1S/C16H14N4O3/c1-22-12-5-2-4-11(8-12)10-17-20-16(21)14-9-13(18-19-14)15-6-3-7-23-15/h2-10H,1H3,(H,18,19)(H,20,21)/b17-10-. The summed E-state index contributed by atoms with van der Waals surface area (Å²) in [6.07, 6.45) is 3.08. The molecule has 0 saturated heterocycles. The lowest BCUT2D eigenvalue weighted by Gasteiger charge is -1.99. The van der Waals surface area contributed by atoms with Crippen molar-refractivity contribution in [2.24, 2.45) is 5.10 Å². The lowest BCUT2D eigenvalue weighted by Crippen LogP contribution is -2.18.